The van der Waals surface area contributed by atoms with Gasteiger partial charge in [0.2, 0.25) is 0 Å². The van der Waals surface area contributed by atoms with Gasteiger partial charge in [-0.3, -0.25) is 9.59 Å². The molecule has 1 saturated heterocycles. The number of ether oxygens (including phenoxy) is 1. The number of amides is 1. The summed E-state index contributed by atoms with van der Waals surface area (Å²) < 4.78 is 6.63. The van der Waals surface area contributed by atoms with Crippen LogP contribution in [0.3, 0.4) is 0 Å². The van der Waals surface area contributed by atoms with Crippen LogP contribution in [0.2, 0.25) is 0 Å². The van der Waals surface area contributed by atoms with Gasteiger partial charge in [-0.15, -0.1) is 0 Å². The number of rotatable bonds is 5. The molecule has 1 fully saturated rings. The van der Waals surface area contributed by atoms with Crippen molar-refractivity contribution >= 4 is 17.4 Å². The van der Waals surface area contributed by atoms with Crippen LogP contribution >= 0.6 is 0 Å². The number of benzene rings is 1. The van der Waals surface area contributed by atoms with Crippen LogP contribution in [0.15, 0.2) is 65.6 Å². The molecule has 0 unspecified atom stereocenters. The molecule has 148 valence electrons. The second kappa shape index (κ2) is 8.66. The van der Waals surface area contributed by atoms with E-state index in [0.717, 1.165) is 24.5 Å². The molecule has 3 aromatic rings. The van der Waals surface area contributed by atoms with Gasteiger partial charge in [-0.25, -0.2) is 9.67 Å². The number of pyridine rings is 1. The first-order chi connectivity index (χ1) is 14.2. The Morgan fingerprint density at radius 2 is 1.83 bits per heavy atom. The van der Waals surface area contributed by atoms with Gasteiger partial charge in [0.05, 0.1) is 31.6 Å². The average molecular weight is 391 g/mol. The molecule has 1 aliphatic rings. The lowest BCUT2D eigenvalue weighted by Gasteiger charge is -2.27. The van der Waals surface area contributed by atoms with Crippen LogP contribution in [0.4, 0.5) is 11.5 Å². The maximum Gasteiger partial charge on any atom is 0.276 e. The van der Waals surface area contributed by atoms with Crippen molar-refractivity contribution in [3.8, 4) is 0 Å². The van der Waals surface area contributed by atoms with E-state index in [0.29, 0.717) is 25.4 Å². The third kappa shape index (κ3) is 4.67. The van der Waals surface area contributed by atoms with Crippen LogP contribution in [0.25, 0.3) is 0 Å². The molecule has 0 radical (unpaired) electrons. The zero-order valence-electron chi connectivity index (χ0n) is 15.8. The fourth-order valence-electron chi connectivity index (χ4n) is 3.07. The highest BCUT2D eigenvalue weighted by Crippen LogP contribution is 2.16. The molecule has 4 rings (SSSR count). The molecule has 0 spiro atoms. The largest absolute Gasteiger partial charge is 0.378 e. The third-order valence-corrected chi connectivity index (χ3v) is 4.62. The smallest absolute Gasteiger partial charge is 0.276 e. The zero-order chi connectivity index (χ0) is 20.1. The minimum Gasteiger partial charge on any atom is -0.378 e. The number of nitrogens with one attached hydrogen (secondary N) is 1. The summed E-state index contributed by atoms with van der Waals surface area (Å²) >= 11 is 0. The Kier molecular flexibility index (Phi) is 5.62. The van der Waals surface area contributed by atoms with Crippen LogP contribution in [0.5, 0.6) is 0 Å². The van der Waals surface area contributed by atoms with Gasteiger partial charge in [0.15, 0.2) is 0 Å². The second-order valence-electron chi connectivity index (χ2n) is 6.66. The molecule has 8 nitrogen and oxygen atoms in total. The molecule has 29 heavy (non-hydrogen) atoms. The van der Waals surface area contributed by atoms with Crippen molar-refractivity contribution < 1.29 is 9.53 Å². The Labute approximate surface area is 167 Å². The summed E-state index contributed by atoms with van der Waals surface area (Å²) in [5, 5.41) is 6.98. The molecule has 2 aromatic heterocycles. The van der Waals surface area contributed by atoms with Crippen LogP contribution in [0.1, 0.15) is 16.1 Å². The molecule has 0 aliphatic carbocycles. The standard InChI is InChI=1S/C21H21N5O3/c27-20-9-7-18(24-26(20)15-16-4-2-1-3-5-16)21(28)23-17-6-8-19(22-14-17)25-10-12-29-13-11-25/h1-9,14H,10-13,15H2,(H,23,28). The molecule has 1 N–H and O–H groups in total. The normalized spacial score (nSPS) is 13.9. The Morgan fingerprint density at radius 1 is 1.03 bits per heavy atom. The lowest BCUT2D eigenvalue weighted by Crippen LogP contribution is -2.36. The third-order valence-electron chi connectivity index (χ3n) is 4.62. The Hall–Kier alpha value is -3.52. The number of hydrogen-bond donors (Lipinski definition) is 1. The molecule has 1 amide bonds. The molecule has 8 heteroatoms. The van der Waals surface area contributed by atoms with Gasteiger partial charge in [0, 0.05) is 19.2 Å². The van der Waals surface area contributed by atoms with Gasteiger partial charge in [0.25, 0.3) is 11.5 Å². The van der Waals surface area contributed by atoms with E-state index >= 15 is 0 Å². The van der Waals surface area contributed by atoms with E-state index in [1.54, 1.807) is 12.3 Å². The predicted molar refractivity (Wildman–Crippen MR) is 109 cm³/mol. The number of aromatic nitrogens is 3. The zero-order valence-corrected chi connectivity index (χ0v) is 15.8. The number of hydrogen-bond acceptors (Lipinski definition) is 6. The van der Waals surface area contributed by atoms with Gasteiger partial charge in [-0.1, -0.05) is 30.3 Å². The van der Waals surface area contributed by atoms with E-state index in [1.165, 1.54) is 16.8 Å². The van der Waals surface area contributed by atoms with Crippen molar-refractivity contribution in [1.29, 1.82) is 0 Å². The van der Waals surface area contributed by atoms with E-state index in [1.807, 2.05) is 36.4 Å². The highest BCUT2D eigenvalue weighted by atomic mass is 16.5. The molecule has 0 bridgehead atoms. The number of anilines is 2. The fourth-order valence-corrected chi connectivity index (χ4v) is 3.07. The van der Waals surface area contributed by atoms with Crippen LogP contribution in [-0.2, 0) is 11.3 Å². The molecular weight excluding hydrogens is 370 g/mol. The van der Waals surface area contributed by atoms with E-state index in [4.69, 9.17) is 4.74 Å². The van der Waals surface area contributed by atoms with Crippen molar-refractivity contribution in [2.24, 2.45) is 0 Å². The van der Waals surface area contributed by atoms with Crippen LogP contribution in [-0.4, -0.2) is 47.0 Å². The predicted octanol–water partition coefficient (Wildman–Crippen LogP) is 1.78. The Morgan fingerprint density at radius 3 is 2.55 bits per heavy atom. The maximum atomic E-state index is 12.6. The fraction of sp³-hybridized carbons (Fsp3) is 0.238. The summed E-state index contributed by atoms with van der Waals surface area (Å²) in [7, 11) is 0. The van der Waals surface area contributed by atoms with E-state index < -0.39 is 5.91 Å². The summed E-state index contributed by atoms with van der Waals surface area (Å²) in [6.45, 7) is 3.27. The minimum absolute atomic E-state index is 0.165. The minimum atomic E-state index is -0.396. The summed E-state index contributed by atoms with van der Waals surface area (Å²) in [5.74, 6) is 0.452. The van der Waals surface area contributed by atoms with Gasteiger partial charge in [-0.2, -0.15) is 5.10 Å². The summed E-state index contributed by atoms with van der Waals surface area (Å²) in [6, 6.07) is 15.9. The van der Waals surface area contributed by atoms with Crippen molar-refractivity contribution in [2.45, 2.75) is 6.54 Å². The SMILES string of the molecule is O=C(Nc1ccc(N2CCOCC2)nc1)c1ccc(=O)n(Cc2ccccc2)n1. The molecule has 0 atom stereocenters. The van der Waals surface area contributed by atoms with Gasteiger partial charge >= 0.3 is 0 Å². The summed E-state index contributed by atoms with van der Waals surface area (Å²) in [6.07, 6.45) is 1.61. The second-order valence-corrected chi connectivity index (χ2v) is 6.66. The molecule has 3 heterocycles. The van der Waals surface area contributed by atoms with Gasteiger partial charge < -0.3 is 15.0 Å². The molecular formula is C21H21N5O3. The van der Waals surface area contributed by atoms with Gasteiger partial charge in [-0.05, 0) is 23.8 Å². The van der Waals surface area contributed by atoms with Crippen molar-refractivity contribution in [3.63, 3.8) is 0 Å². The number of morpholine rings is 1. The topological polar surface area (TPSA) is 89.4 Å². The monoisotopic (exact) mass is 391 g/mol. The van der Waals surface area contributed by atoms with Crippen molar-refractivity contribution in [3.05, 3.63) is 82.4 Å². The maximum absolute atomic E-state index is 12.6. The van der Waals surface area contributed by atoms with Gasteiger partial charge in [0.1, 0.15) is 11.5 Å². The quantitative estimate of drug-likeness (QED) is 0.713. The summed E-state index contributed by atoms with van der Waals surface area (Å²) in [5.41, 5.74) is 1.40. The van der Waals surface area contributed by atoms with Crippen molar-refractivity contribution in [1.82, 2.24) is 14.8 Å². The van der Waals surface area contributed by atoms with Crippen molar-refractivity contribution in [2.75, 3.05) is 36.5 Å². The lowest BCUT2D eigenvalue weighted by molar-refractivity contribution is 0.102. The molecule has 1 aromatic carbocycles. The molecule has 1 aliphatic heterocycles. The van der Waals surface area contributed by atoms with E-state index in [-0.39, 0.29) is 11.3 Å². The van der Waals surface area contributed by atoms with E-state index in [2.05, 4.69) is 20.3 Å². The molecule has 0 saturated carbocycles. The van der Waals surface area contributed by atoms with E-state index in [9.17, 15) is 9.59 Å². The Balaban J connectivity index is 1.45. The first-order valence-electron chi connectivity index (χ1n) is 9.41. The first-order valence-corrected chi connectivity index (χ1v) is 9.41. The number of carbonyl (C=O) groups excluding carboxylic acids is 1. The number of carbonyl (C=O) groups is 1. The summed E-state index contributed by atoms with van der Waals surface area (Å²) in [4.78, 5) is 31.2. The lowest BCUT2D eigenvalue weighted by atomic mass is 10.2. The average Bonchev–Trinajstić information content (AvgIpc) is 2.77. The van der Waals surface area contributed by atoms with Crippen LogP contribution < -0.4 is 15.8 Å². The first kappa shape index (κ1) is 18.8. The van der Waals surface area contributed by atoms with Crippen LogP contribution in [0, 0.1) is 0 Å². The highest BCUT2D eigenvalue weighted by Gasteiger charge is 2.14. The highest BCUT2D eigenvalue weighted by molar-refractivity contribution is 6.02. The Bertz CT molecular complexity index is 1030. The number of nitrogens with zero attached hydrogens (tertiary/aromatic N) is 4.